The van der Waals surface area contributed by atoms with Gasteiger partial charge in [-0.25, -0.2) is 0 Å². The summed E-state index contributed by atoms with van der Waals surface area (Å²) in [5, 5.41) is 6.75. The molecule has 2 aromatic heterocycles. The first kappa shape index (κ1) is 23.8. The maximum Gasteiger partial charge on any atom is 0.274 e. The van der Waals surface area contributed by atoms with Gasteiger partial charge in [-0.2, -0.15) is 0 Å². The van der Waals surface area contributed by atoms with Crippen LogP contribution in [-0.2, 0) is 22.7 Å². The summed E-state index contributed by atoms with van der Waals surface area (Å²) in [4.78, 5) is 46.2. The van der Waals surface area contributed by atoms with Crippen molar-refractivity contribution in [3.8, 4) is 5.75 Å². The van der Waals surface area contributed by atoms with E-state index in [1.54, 1.807) is 24.3 Å². The van der Waals surface area contributed by atoms with E-state index >= 15 is 0 Å². The Morgan fingerprint density at radius 1 is 1.19 bits per heavy atom. The minimum Gasteiger partial charge on any atom is -0.497 e. The molecule has 3 amide bonds. The summed E-state index contributed by atoms with van der Waals surface area (Å²) in [5.41, 5.74) is 1.03. The molecule has 5 rings (SSSR count). The van der Waals surface area contributed by atoms with Crippen molar-refractivity contribution in [3.63, 3.8) is 0 Å². The SMILES string of the molecule is COc1ccc2c(c1)c(NC(C)=O)c1n2CC(C)(C(=O)NC2CCCC2)N(Cc2ccccn2)C1=O. The Labute approximate surface area is 209 Å². The Morgan fingerprint density at radius 3 is 2.64 bits per heavy atom. The molecule has 1 saturated carbocycles. The number of carbonyl (C=O) groups is 3. The Kier molecular flexibility index (Phi) is 6.15. The average molecular weight is 490 g/mol. The lowest BCUT2D eigenvalue weighted by Gasteiger charge is -2.44. The number of anilines is 1. The molecule has 1 aliphatic heterocycles. The molecule has 3 heterocycles. The number of hydrogen-bond acceptors (Lipinski definition) is 5. The average Bonchev–Trinajstić information content (AvgIpc) is 3.48. The molecule has 1 aliphatic carbocycles. The molecule has 1 aromatic carbocycles. The van der Waals surface area contributed by atoms with Crippen molar-refractivity contribution in [3.05, 3.63) is 54.0 Å². The van der Waals surface area contributed by atoms with Crippen LogP contribution in [0.15, 0.2) is 42.6 Å². The molecule has 2 N–H and O–H groups in total. The van der Waals surface area contributed by atoms with Crippen LogP contribution >= 0.6 is 0 Å². The maximum atomic E-state index is 14.2. The van der Waals surface area contributed by atoms with Gasteiger partial charge in [-0.3, -0.25) is 19.4 Å². The van der Waals surface area contributed by atoms with E-state index in [9.17, 15) is 14.4 Å². The maximum absolute atomic E-state index is 14.2. The van der Waals surface area contributed by atoms with E-state index in [4.69, 9.17) is 4.74 Å². The lowest BCUT2D eigenvalue weighted by Crippen LogP contribution is -2.64. The lowest BCUT2D eigenvalue weighted by atomic mass is 9.93. The largest absolute Gasteiger partial charge is 0.497 e. The van der Waals surface area contributed by atoms with E-state index in [0.29, 0.717) is 28.2 Å². The van der Waals surface area contributed by atoms with Crippen LogP contribution in [0.2, 0.25) is 0 Å². The zero-order chi connectivity index (χ0) is 25.4. The third kappa shape index (κ3) is 4.08. The molecule has 9 nitrogen and oxygen atoms in total. The number of pyridine rings is 1. The second kappa shape index (κ2) is 9.29. The highest BCUT2D eigenvalue weighted by atomic mass is 16.5. The van der Waals surface area contributed by atoms with Crippen molar-refractivity contribution in [2.45, 2.75) is 64.2 Å². The monoisotopic (exact) mass is 489 g/mol. The molecule has 0 spiro atoms. The molecule has 1 atom stereocenters. The number of aromatic nitrogens is 2. The second-order valence-electron chi connectivity index (χ2n) is 9.82. The standard InChI is InChI=1S/C27H31N5O4/c1-17(33)29-23-21-14-20(36-3)11-12-22(21)31-16-27(2,26(35)30-18-8-4-5-9-18)32(25(34)24(23)31)15-19-10-6-7-13-28-19/h6-7,10-14,18H,4-5,8-9,15-16H2,1-3H3,(H,29,33)(H,30,35). The van der Waals surface area contributed by atoms with Gasteiger partial charge in [0.1, 0.15) is 17.0 Å². The van der Waals surface area contributed by atoms with E-state index in [1.165, 1.54) is 6.92 Å². The second-order valence-corrected chi connectivity index (χ2v) is 9.82. The fourth-order valence-corrected chi connectivity index (χ4v) is 5.40. The van der Waals surface area contributed by atoms with Gasteiger partial charge in [-0.15, -0.1) is 0 Å². The normalized spacial score (nSPS) is 19.9. The minimum absolute atomic E-state index is 0.114. The van der Waals surface area contributed by atoms with Crippen LogP contribution in [0.3, 0.4) is 0 Å². The van der Waals surface area contributed by atoms with Crippen LogP contribution < -0.4 is 15.4 Å². The highest BCUT2D eigenvalue weighted by Gasteiger charge is 2.49. The van der Waals surface area contributed by atoms with Gasteiger partial charge in [0.2, 0.25) is 11.8 Å². The van der Waals surface area contributed by atoms with Crippen LogP contribution in [0.25, 0.3) is 10.9 Å². The summed E-state index contributed by atoms with van der Waals surface area (Å²) in [5.74, 6) is -0.197. The van der Waals surface area contributed by atoms with Gasteiger partial charge in [0.25, 0.3) is 5.91 Å². The third-order valence-electron chi connectivity index (χ3n) is 7.31. The number of carbonyl (C=O) groups excluding carboxylic acids is 3. The van der Waals surface area contributed by atoms with Crippen molar-refractivity contribution < 1.29 is 19.1 Å². The van der Waals surface area contributed by atoms with Gasteiger partial charge in [-0.1, -0.05) is 18.9 Å². The number of nitrogens with one attached hydrogen (secondary N) is 2. The molecule has 0 saturated heterocycles. The number of benzene rings is 1. The van der Waals surface area contributed by atoms with Crippen molar-refractivity contribution in [2.24, 2.45) is 0 Å². The highest BCUT2D eigenvalue weighted by Crippen LogP contribution is 2.40. The summed E-state index contributed by atoms with van der Waals surface area (Å²) in [6, 6.07) is 11.1. The highest BCUT2D eigenvalue weighted by molar-refractivity contribution is 6.14. The summed E-state index contributed by atoms with van der Waals surface area (Å²) >= 11 is 0. The molecule has 9 heteroatoms. The van der Waals surface area contributed by atoms with Gasteiger partial charge in [0, 0.05) is 24.5 Å². The quantitative estimate of drug-likeness (QED) is 0.552. The first-order valence-electron chi connectivity index (χ1n) is 12.3. The summed E-state index contributed by atoms with van der Waals surface area (Å²) in [7, 11) is 1.57. The third-order valence-corrected chi connectivity index (χ3v) is 7.31. The number of amides is 3. The summed E-state index contributed by atoms with van der Waals surface area (Å²) < 4.78 is 7.26. The predicted molar refractivity (Wildman–Crippen MR) is 136 cm³/mol. The Balaban J connectivity index is 1.66. The fraction of sp³-hybridized carbons (Fsp3) is 0.407. The first-order valence-corrected chi connectivity index (χ1v) is 12.3. The number of fused-ring (bicyclic) bond motifs is 3. The van der Waals surface area contributed by atoms with E-state index in [-0.39, 0.29) is 36.9 Å². The number of ether oxygens (including phenoxy) is 1. The topological polar surface area (TPSA) is 106 Å². The van der Waals surface area contributed by atoms with Crippen LogP contribution in [0.4, 0.5) is 5.69 Å². The van der Waals surface area contributed by atoms with Gasteiger partial charge < -0.3 is 24.8 Å². The van der Waals surface area contributed by atoms with E-state index < -0.39 is 5.54 Å². The molecular formula is C27H31N5O4. The zero-order valence-electron chi connectivity index (χ0n) is 20.8. The van der Waals surface area contributed by atoms with Crippen LogP contribution in [0.1, 0.15) is 55.7 Å². The number of methoxy groups -OCH3 is 1. The van der Waals surface area contributed by atoms with E-state index in [2.05, 4.69) is 15.6 Å². The molecule has 0 bridgehead atoms. The van der Waals surface area contributed by atoms with Crippen LogP contribution in [-0.4, -0.2) is 50.9 Å². The molecular weight excluding hydrogens is 458 g/mol. The molecule has 0 radical (unpaired) electrons. The Hall–Kier alpha value is -3.88. The van der Waals surface area contributed by atoms with Crippen LogP contribution in [0.5, 0.6) is 5.75 Å². The predicted octanol–water partition coefficient (Wildman–Crippen LogP) is 3.48. The van der Waals surface area contributed by atoms with Gasteiger partial charge in [0.05, 0.1) is 37.1 Å². The molecule has 2 aliphatic rings. The van der Waals surface area contributed by atoms with Gasteiger partial charge >= 0.3 is 0 Å². The molecule has 3 aromatic rings. The number of rotatable bonds is 6. The van der Waals surface area contributed by atoms with Gasteiger partial charge in [0.15, 0.2) is 0 Å². The van der Waals surface area contributed by atoms with Gasteiger partial charge in [-0.05, 0) is 50.1 Å². The minimum atomic E-state index is -1.16. The molecule has 1 fully saturated rings. The Bertz CT molecular complexity index is 1330. The summed E-state index contributed by atoms with van der Waals surface area (Å²) in [6.45, 7) is 3.63. The van der Waals surface area contributed by atoms with E-state index in [0.717, 1.165) is 31.2 Å². The zero-order valence-corrected chi connectivity index (χ0v) is 20.8. The number of hydrogen-bond donors (Lipinski definition) is 2. The smallest absolute Gasteiger partial charge is 0.274 e. The lowest BCUT2D eigenvalue weighted by molar-refractivity contribution is -0.133. The first-order chi connectivity index (χ1) is 17.3. The van der Waals surface area contributed by atoms with Crippen molar-refractivity contribution in [2.75, 3.05) is 12.4 Å². The Morgan fingerprint density at radius 2 is 1.97 bits per heavy atom. The number of nitrogens with zero attached hydrogens (tertiary/aromatic N) is 3. The van der Waals surface area contributed by atoms with Crippen molar-refractivity contribution in [1.29, 1.82) is 0 Å². The fourth-order valence-electron chi connectivity index (χ4n) is 5.40. The molecule has 1 unspecified atom stereocenters. The molecule has 36 heavy (non-hydrogen) atoms. The van der Waals surface area contributed by atoms with Crippen LogP contribution in [0, 0.1) is 0 Å². The van der Waals surface area contributed by atoms with Crippen molar-refractivity contribution >= 4 is 34.3 Å². The molecule has 188 valence electrons. The summed E-state index contributed by atoms with van der Waals surface area (Å²) in [6.07, 6.45) is 5.74. The van der Waals surface area contributed by atoms with E-state index in [1.807, 2.05) is 41.8 Å². The van der Waals surface area contributed by atoms with Crippen molar-refractivity contribution in [1.82, 2.24) is 19.8 Å².